The maximum Gasteiger partial charge on any atom is 0.156 e. The molecule has 0 N–H and O–H groups in total. The van der Waals surface area contributed by atoms with E-state index in [0.717, 1.165) is 23.9 Å². The van der Waals surface area contributed by atoms with E-state index in [0.29, 0.717) is 10.8 Å². The first-order chi connectivity index (χ1) is 12.8. The molecule has 0 aromatic heterocycles. The fourth-order valence-electron chi connectivity index (χ4n) is 7.51. The second-order valence-corrected chi connectivity index (χ2v) is 11.3. The largest absolute Gasteiger partial charge is 0.234 e. The molecule has 27 heavy (non-hydrogen) atoms. The highest BCUT2D eigenvalue weighted by molar-refractivity contribution is 5.85. The molecule has 2 heteroatoms. The van der Waals surface area contributed by atoms with Crippen LogP contribution in [0, 0.1) is 22.7 Å². The third-order valence-corrected chi connectivity index (χ3v) is 9.64. The lowest BCUT2D eigenvalue weighted by Crippen LogP contribution is -2.36. The second-order valence-electron chi connectivity index (χ2n) is 11.3. The summed E-state index contributed by atoms with van der Waals surface area (Å²) in [4.78, 5) is 0. The normalized spacial score (nSPS) is 37.6. The molecule has 0 amide bonds. The average molecular weight is 373 g/mol. The molecule has 0 radical (unpaired) electrons. The Hall–Kier alpha value is -0.660. The predicted molar refractivity (Wildman–Crippen MR) is 115 cm³/mol. The van der Waals surface area contributed by atoms with Gasteiger partial charge in [0.2, 0.25) is 0 Å². The molecule has 2 fully saturated rings. The molecule has 4 atom stereocenters. The monoisotopic (exact) mass is 372 g/mol. The molecule has 2 aliphatic carbocycles. The minimum Gasteiger partial charge on any atom is -0.234 e. The van der Waals surface area contributed by atoms with Gasteiger partial charge >= 0.3 is 0 Å². The van der Waals surface area contributed by atoms with Crippen LogP contribution in [-0.2, 0) is 0 Å². The maximum absolute atomic E-state index is 2.85. The van der Waals surface area contributed by atoms with Gasteiger partial charge in [-0.3, -0.25) is 0 Å². The van der Waals surface area contributed by atoms with Crippen molar-refractivity contribution in [2.75, 3.05) is 13.1 Å². The molecule has 2 heterocycles. The van der Waals surface area contributed by atoms with Crippen molar-refractivity contribution in [2.24, 2.45) is 22.7 Å². The fourth-order valence-corrected chi connectivity index (χ4v) is 7.51. The number of rotatable bonds is 4. The van der Waals surface area contributed by atoms with E-state index in [1.807, 2.05) is 0 Å². The van der Waals surface area contributed by atoms with Crippen molar-refractivity contribution >= 4 is 11.4 Å². The van der Waals surface area contributed by atoms with Gasteiger partial charge in [-0.15, -0.1) is 0 Å². The Morgan fingerprint density at radius 3 is 1.44 bits per heavy atom. The Morgan fingerprint density at radius 2 is 1.04 bits per heavy atom. The maximum atomic E-state index is 2.85. The molecule has 0 spiro atoms. The van der Waals surface area contributed by atoms with Gasteiger partial charge < -0.3 is 0 Å². The first kappa shape index (κ1) is 19.6. The van der Waals surface area contributed by atoms with Crippen LogP contribution in [0.15, 0.2) is 0 Å². The van der Waals surface area contributed by atoms with Gasteiger partial charge in [-0.1, -0.05) is 12.8 Å². The number of hydrogen-bond acceptors (Lipinski definition) is 0. The van der Waals surface area contributed by atoms with Gasteiger partial charge in [0.15, 0.2) is 23.5 Å². The lowest BCUT2D eigenvalue weighted by atomic mass is 9.69. The van der Waals surface area contributed by atoms with Crippen LogP contribution in [0.25, 0.3) is 0 Å². The summed E-state index contributed by atoms with van der Waals surface area (Å²) in [6, 6.07) is 1.66. The van der Waals surface area contributed by atoms with E-state index in [1.165, 1.54) is 70.9 Å². The molecule has 4 unspecified atom stereocenters. The summed E-state index contributed by atoms with van der Waals surface area (Å²) in [6.45, 7) is 17.5. The van der Waals surface area contributed by atoms with Gasteiger partial charge in [-0.05, 0) is 53.4 Å². The average Bonchev–Trinajstić information content (AvgIpc) is 2.97. The lowest BCUT2D eigenvalue weighted by Gasteiger charge is -2.30. The summed E-state index contributed by atoms with van der Waals surface area (Å²) >= 11 is 0. The Labute approximate surface area is 168 Å². The predicted octanol–water partition coefficient (Wildman–Crippen LogP) is 5.52. The molecule has 4 aliphatic rings. The van der Waals surface area contributed by atoms with Crippen LogP contribution in [0.1, 0.15) is 99.3 Å². The first-order valence-corrected chi connectivity index (χ1v) is 12.0. The van der Waals surface area contributed by atoms with E-state index in [2.05, 4.69) is 50.7 Å². The van der Waals surface area contributed by atoms with Gasteiger partial charge in [-0.25, -0.2) is 9.15 Å². The van der Waals surface area contributed by atoms with Crippen LogP contribution in [0.2, 0.25) is 0 Å². The van der Waals surface area contributed by atoms with Crippen LogP contribution in [0.4, 0.5) is 0 Å². The molecule has 2 aliphatic heterocycles. The summed E-state index contributed by atoms with van der Waals surface area (Å²) in [5.74, 6) is 1.79. The molecule has 2 saturated carbocycles. The zero-order chi connectivity index (χ0) is 19.4. The van der Waals surface area contributed by atoms with Gasteiger partial charge in [0.1, 0.15) is 13.1 Å². The Bertz CT molecular complexity index is 595. The van der Waals surface area contributed by atoms with Crippen molar-refractivity contribution in [2.45, 2.75) is 111 Å². The van der Waals surface area contributed by atoms with Crippen molar-refractivity contribution in [3.05, 3.63) is 0 Å². The third-order valence-electron chi connectivity index (χ3n) is 9.64. The SMILES string of the molecule is CC1=[N+](CCC[N+]2=C(C)C(C)(C)C3CCCCC32)C2CCCCC2C1(C)C. The van der Waals surface area contributed by atoms with Crippen molar-refractivity contribution in [3.8, 4) is 0 Å². The minimum atomic E-state index is 0.414. The highest BCUT2D eigenvalue weighted by Crippen LogP contribution is 2.47. The summed E-state index contributed by atoms with van der Waals surface area (Å²) < 4.78 is 5.69. The molecule has 0 aromatic carbocycles. The van der Waals surface area contributed by atoms with Gasteiger partial charge in [0.25, 0.3) is 0 Å². The number of fused-ring (bicyclic) bond motifs is 2. The van der Waals surface area contributed by atoms with E-state index in [1.54, 1.807) is 11.4 Å². The molecule has 0 saturated heterocycles. The quantitative estimate of drug-likeness (QED) is 0.573. The van der Waals surface area contributed by atoms with Crippen LogP contribution < -0.4 is 0 Å². The smallest absolute Gasteiger partial charge is 0.156 e. The lowest BCUT2D eigenvalue weighted by molar-refractivity contribution is -0.593. The zero-order valence-corrected chi connectivity index (χ0v) is 19.0. The molecule has 0 aromatic rings. The summed E-state index contributed by atoms with van der Waals surface area (Å²) in [6.07, 6.45) is 12.9. The summed E-state index contributed by atoms with van der Waals surface area (Å²) in [7, 11) is 0. The molecule has 0 bridgehead atoms. The highest BCUT2D eigenvalue weighted by atomic mass is 15.1. The van der Waals surface area contributed by atoms with E-state index in [4.69, 9.17) is 0 Å². The molecule has 2 nitrogen and oxygen atoms in total. The van der Waals surface area contributed by atoms with E-state index < -0.39 is 0 Å². The summed E-state index contributed by atoms with van der Waals surface area (Å²) in [5.41, 5.74) is 4.18. The minimum absolute atomic E-state index is 0.414. The Morgan fingerprint density at radius 1 is 0.667 bits per heavy atom. The van der Waals surface area contributed by atoms with Crippen LogP contribution in [0.5, 0.6) is 0 Å². The third kappa shape index (κ3) is 3.04. The van der Waals surface area contributed by atoms with Gasteiger partial charge in [0, 0.05) is 38.5 Å². The molecule has 4 rings (SSSR count). The molecular formula is C25H44N2+2. The van der Waals surface area contributed by atoms with Gasteiger partial charge in [0.05, 0.1) is 17.3 Å². The second kappa shape index (κ2) is 6.99. The zero-order valence-electron chi connectivity index (χ0n) is 19.0. The fraction of sp³-hybridized carbons (Fsp3) is 0.920. The molecule has 152 valence electrons. The van der Waals surface area contributed by atoms with Crippen LogP contribution in [-0.4, -0.2) is 45.7 Å². The van der Waals surface area contributed by atoms with E-state index >= 15 is 0 Å². The number of hydrogen-bond donors (Lipinski definition) is 0. The standard InChI is InChI=1S/C25H44N2/c1-18-24(3,4)20-12-7-9-14-22(20)26(18)16-11-17-27-19(2)25(5,6)21-13-8-10-15-23(21)27/h20-23H,7-17H2,1-6H3/q+2. The van der Waals surface area contributed by atoms with Crippen molar-refractivity contribution in [1.82, 2.24) is 0 Å². The number of nitrogens with zero attached hydrogens (tertiary/aromatic N) is 2. The van der Waals surface area contributed by atoms with Crippen molar-refractivity contribution in [3.63, 3.8) is 0 Å². The topological polar surface area (TPSA) is 6.02 Å². The Balaban J connectivity index is 1.46. The van der Waals surface area contributed by atoms with Crippen LogP contribution in [0.3, 0.4) is 0 Å². The molecular weight excluding hydrogens is 328 g/mol. The first-order valence-electron chi connectivity index (χ1n) is 12.0. The summed E-state index contributed by atoms with van der Waals surface area (Å²) in [5, 5.41) is 0. The van der Waals surface area contributed by atoms with E-state index in [9.17, 15) is 0 Å². The highest BCUT2D eigenvalue weighted by Gasteiger charge is 2.54. The van der Waals surface area contributed by atoms with E-state index in [-0.39, 0.29) is 0 Å². The Kier molecular flexibility index (Phi) is 5.09. The van der Waals surface area contributed by atoms with Gasteiger partial charge in [-0.2, -0.15) is 0 Å². The van der Waals surface area contributed by atoms with Crippen LogP contribution >= 0.6 is 0 Å². The van der Waals surface area contributed by atoms with Crippen molar-refractivity contribution in [1.29, 1.82) is 0 Å². The van der Waals surface area contributed by atoms with Crippen molar-refractivity contribution < 1.29 is 9.15 Å².